The van der Waals surface area contributed by atoms with Crippen LogP contribution in [0.5, 0.6) is 5.75 Å². The fourth-order valence-corrected chi connectivity index (χ4v) is 1.63. The van der Waals surface area contributed by atoms with Crippen LogP contribution in [0.25, 0.3) is 0 Å². The van der Waals surface area contributed by atoms with E-state index in [0.717, 1.165) is 5.56 Å². The van der Waals surface area contributed by atoms with Crippen molar-refractivity contribution in [3.8, 4) is 5.75 Å². The second-order valence-electron chi connectivity index (χ2n) is 4.69. The molecule has 1 aromatic carbocycles. The molecule has 0 fully saturated rings. The first kappa shape index (κ1) is 18.0. The van der Waals surface area contributed by atoms with E-state index in [9.17, 15) is 4.79 Å². The average Bonchev–Trinajstić information content (AvgIpc) is 2.36. The minimum absolute atomic E-state index is 0. The summed E-state index contributed by atoms with van der Waals surface area (Å²) >= 11 is 6.08. The Morgan fingerprint density at radius 1 is 1.47 bits per heavy atom. The lowest BCUT2D eigenvalue weighted by Crippen LogP contribution is -2.41. The van der Waals surface area contributed by atoms with Crippen LogP contribution in [0, 0.1) is 5.41 Å². The van der Waals surface area contributed by atoms with E-state index in [2.05, 4.69) is 5.32 Å². The Balaban J connectivity index is 0.00000324. The summed E-state index contributed by atoms with van der Waals surface area (Å²) in [6.07, 6.45) is 0. The van der Waals surface area contributed by atoms with Gasteiger partial charge in [0.15, 0.2) is 0 Å². The first-order valence-electron chi connectivity index (χ1n) is 5.72. The molecule has 0 saturated carbocycles. The minimum Gasteiger partial charge on any atom is -0.496 e. The van der Waals surface area contributed by atoms with Gasteiger partial charge in [-0.05, 0) is 26.0 Å². The van der Waals surface area contributed by atoms with Gasteiger partial charge in [0.25, 0.3) is 0 Å². The number of rotatable bonds is 5. The third-order valence-corrected chi connectivity index (χ3v) is 3.20. The van der Waals surface area contributed by atoms with Gasteiger partial charge in [0.2, 0.25) is 5.91 Å². The van der Waals surface area contributed by atoms with E-state index in [4.69, 9.17) is 22.1 Å². The van der Waals surface area contributed by atoms with Crippen molar-refractivity contribution in [3.05, 3.63) is 28.8 Å². The molecule has 0 aliphatic rings. The highest BCUT2D eigenvalue weighted by Crippen LogP contribution is 2.26. The normalized spacial score (nSPS) is 10.6. The molecule has 0 bridgehead atoms. The molecule has 0 heterocycles. The Hall–Kier alpha value is -0.970. The van der Waals surface area contributed by atoms with Crippen molar-refractivity contribution in [2.45, 2.75) is 20.4 Å². The van der Waals surface area contributed by atoms with Gasteiger partial charge in [-0.1, -0.05) is 17.7 Å². The molecule has 3 N–H and O–H groups in total. The molecule has 0 radical (unpaired) electrons. The van der Waals surface area contributed by atoms with Crippen molar-refractivity contribution in [1.29, 1.82) is 0 Å². The average molecular weight is 307 g/mol. The molecular formula is C13H20Cl2N2O2. The van der Waals surface area contributed by atoms with E-state index in [0.29, 0.717) is 23.9 Å². The maximum Gasteiger partial charge on any atom is 0.227 e. The van der Waals surface area contributed by atoms with Crippen LogP contribution in [0.15, 0.2) is 18.2 Å². The number of nitrogens with two attached hydrogens (primary N) is 1. The molecule has 4 nitrogen and oxygen atoms in total. The van der Waals surface area contributed by atoms with Gasteiger partial charge in [0.05, 0.1) is 12.5 Å². The van der Waals surface area contributed by atoms with Gasteiger partial charge in [0, 0.05) is 23.7 Å². The van der Waals surface area contributed by atoms with Gasteiger partial charge in [0.1, 0.15) is 5.75 Å². The topological polar surface area (TPSA) is 64.3 Å². The van der Waals surface area contributed by atoms with Crippen LogP contribution in [0.3, 0.4) is 0 Å². The van der Waals surface area contributed by atoms with E-state index in [1.165, 1.54) is 0 Å². The van der Waals surface area contributed by atoms with Crippen molar-refractivity contribution in [2.24, 2.45) is 11.1 Å². The Bertz CT molecular complexity index is 437. The number of nitrogens with one attached hydrogen (secondary N) is 1. The molecule has 0 spiro atoms. The summed E-state index contributed by atoms with van der Waals surface area (Å²) in [6.45, 7) is 4.21. The summed E-state index contributed by atoms with van der Waals surface area (Å²) < 4.78 is 5.21. The van der Waals surface area contributed by atoms with Crippen molar-refractivity contribution in [1.82, 2.24) is 5.32 Å². The van der Waals surface area contributed by atoms with Crippen LogP contribution in [-0.2, 0) is 11.3 Å². The number of amides is 1. The van der Waals surface area contributed by atoms with E-state index in [-0.39, 0.29) is 18.3 Å². The summed E-state index contributed by atoms with van der Waals surface area (Å²) in [5.41, 5.74) is 5.73. The quantitative estimate of drug-likeness (QED) is 0.878. The summed E-state index contributed by atoms with van der Waals surface area (Å²) in [5, 5.41) is 3.39. The number of halogens is 2. The number of hydrogen-bond acceptors (Lipinski definition) is 3. The molecule has 0 aliphatic heterocycles. The van der Waals surface area contributed by atoms with Crippen LogP contribution in [0.4, 0.5) is 0 Å². The third-order valence-electron chi connectivity index (χ3n) is 2.85. The zero-order chi connectivity index (χ0) is 13.8. The van der Waals surface area contributed by atoms with Crippen LogP contribution < -0.4 is 15.8 Å². The molecule has 108 valence electrons. The fraction of sp³-hybridized carbons (Fsp3) is 0.462. The summed E-state index contributed by atoms with van der Waals surface area (Å²) in [4.78, 5) is 11.9. The zero-order valence-corrected chi connectivity index (χ0v) is 12.9. The molecule has 6 heteroatoms. The lowest BCUT2D eigenvalue weighted by Gasteiger charge is -2.21. The highest BCUT2D eigenvalue weighted by Gasteiger charge is 2.25. The van der Waals surface area contributed by atoms with Crippen LogP contribution >= 0.6 is 24.0 Å². The lowest BCUT2D eigenvalue weighted by molar-refractivity contribution is -0.129. The molecule has 0 saturated heterocycles. The summed E-state index contributed by atoms with van der Waals surface area (Å²) in [7, 11) is 1.57. The number of hydrogen-bond donors (Lipinski definition) is 2. The van der Waals surface area contributed by atoms with Crippen molar-refractivity contribution < 1.29 is 9.53 Å². The van der Waals surface area contributed by atoms with Gasteiger partial charge in [-0.2, -0.15) is 0 Å². The highest BCUT2D eigenvalue weighted by molar-refractivity contribution is 6.31. The Morgan fingerprint density at radius 3 is 2.63 bits per heavy atom. The second kappa shape index (κ2) is 7.58. The van der Waals surface area contributed by atoms with Crippen molar-refractivity contribution >= 4 is 29.9 Å². The van der Waals surface area contributed by atoms with E-state index >= 15 is 0 Å². The third kappa shape index (κ3) is 4.56. The SMILES string of the molecule is COc1cccc(Cl)c1CNC(=O)C(C)(C)CN.Cl. The maximum absolute atomic E-state index is 11.9. The monoisotopic (exact) mass is 306 g/mol. The van der Waals surface area contributed by atoms with Gasteiger partial charge >= 0.3 is 0 Å². The first-order chi connectivity index (χ1) is 8.42. The fourth-order valence-electron chi connectivity index (χ4n) is 1.40. The van der Waals surface area contributed by atoms with Crippen molar-refractivity contribution in [2.75, 3.05) is 13.7 Å². The predicted molar refractivity (Wildman–Crippen MR) is 79.9 cm³/mol. The zero-order valence-electron chi connectivity index (χ0n) is 11.3. The standard InChI is InChI=1S/C13H19ClN2O2.ClH/c1-13(2,8-15)12(17)16-7-9-10(14)5-4-6-11(9)18-3;/h4-6H,7-8,15H2,1-3H3,(H,16,17);1H. The molecule has 1 rings (SSSR count). The van der Waals surface area contributed by atoms with Crippen LogP contribution in [0.1, 0.15) is 19.4 Å². The second-order valence-corrected chi connectivity index (χ2v) is 5.10. The van der Waals surface area contributed by atoms with Gasteiger partial charge in [-0.25, -0.2) is 0 Å². The van der Waals surface area contributed by atoms with Gasteiger partial charge in [-0.3, -0.25) is 4.79 Å². The number of ether oxygens (including phenoxy) is 1. The maximum atomic E-state index is 11.9. The van der Waals surface area contributed by atoms with Gasteiger partial charge in [-0.15, -0.1) is 12.4 Å². The molecular weight excluding hydrogens is 287 g/mol. The van der Waals surface area contributed by atoms with E-state index < -0.39 is 5.41 Å². The molecule has 0 unspecified atom stereocenters. The Kier molecular flexibility index (Phi) is 7.19. The first-order valence-corrected chi connectivity index (χ1v) is 6.10. The predicted octanol–water partition coefficient (Wildman–Crippen LogP) is 2.37. The molecule has 0 aromatic heterocycles. The number of carbonyl (C=O) groups is 1. The van der Waals surface area contributed by atoms with Crippen LogP contribution in [0.2, 0.25) is 5.02 Å². The summed E-state index contributed by atoms with van der Waals surface area (Å²) in [6, 6.07) is 5.37. The molecule has 0 aliphatic carbocycles. The number of benzene rings is 1. The Labute approximate surface area is 125 Å². The molecule has 1 aromatic rings. The Morgan fingerprint density at radius 2 is 2.11 bits per heavy atom. The molecule has 1 amide bonds. The smallest absolute Gasteiger partial charge is 0.227 e. The molecule has 19 heavy (non-hydrogen) atoms. The highest BCUT2D eigenvalue weighted by atomic mass is 35.5. The van der Waals surface area contributed by atoms with Gasteiger partial charge < -0.3 is 15.8 Å². The summed E-state index contributed by atoms with van der Waals surface area (Å²) in [5.74, 6) is 0.556. The number of carbonyl (C=O) groups excluding carboxylic acids is 1. The largest absolute Gasteiger partial charge is 0.496 e. The number of methoxy groups -OCH3 is 1. The van der Waals surface area contributed by atoms with E-state index in [1.807, 2.05) is 0 Å². The van der Waals surface area contributed by atoms with Crippen molar-refractivity contribution in [3.63, 3.8) is 0 Å². The minimum atomic E-state index is -0.589. The van der Waals surface area contributed by atoms with E-state index in [1.54, 1.807) is 39.2 Å². The lowest BCUT2D eigenvalue weighted by atomic mass is 9.92. The van der Waals surface area contributed by atoms with Crippen LogP contribution in [-0.4, -0.2) is 19.6 Å². The molecule has 0 atom stereocenters.